The van der Waals surface area contributed by atoms with Crippen molar-refractivity contribution in [2.45, 2.75) is 12.8 Å². The molecule has 1 amide bonds. The third-order valence-electron chi connectivity index (χ3n) is 4.31. The fourth-order valence-electron chi connectivity index (χ4n) is 3.16. The largest absolute Gasteiger partial charge is 0.342 e. The van der Waals surface area contributed by atoms with E-state index >= 15 is 0 Å². The van der Waals surface area contributed by atoms with Gasteiger partial charge in [-0.1, -0.05) is 34.1 Å². The molecule has 2 saturated heterocycles. The highest BCUT2D eigenvalue weighted by Gasteiger charge is 2.37. The Morgan fingerprint density at radius 3 is 2.63 bits per heavy atom. The molecule has 0 saturated carbocycles. The van der Waals surface area contributed by atoms with Crippen molar-refractivity contribution in [2.75, 3.05) is 26.2 Å². The van der Waals surface area contributed by atoms with Gasteiger partial charge in [0.1, 0.15) is 0 Å². The number of likely N-dealkylation sites (tertiary alicyclic amines) is 1. The molecule has 0 bridgehead atoms. The van der Waals surface area contributed by atoms with Crippen LogP contribution in [0.4, 0.5) is 0 Å². The van der Waals surface area contributed by atoms with Gasteiger partial charge in [-0.15, -0.1) is 0 Å². The van der Waals surface area contributed by atoms with Crippen LogP contribution in [0, 0.1) is 11.8 Å². The van der Waals surface area contributed by atoms with E-state index in [1.807, 2.05) is 18.2 Å². The number of benzene rings is 1. The molecule has 1 aromatic carbocycles. The van der Waals surface area contributed by atoms with Gasteiger partial charge in [-0.05, 0) is 29.9 Å². The van der Waals surface area contributed by atoms with E-state index in [1.165, 1.54) is 5.56 Å². The lowest BCUT2D eigenvalue weighted by Crippen LogP contribution is -2.32. The van der Waals surface area contributed by atoms with E-state index in [0.717, 1.165) is 37.1 Å². The SMILES string of the molecule is O=C(CCc1ccccc1Br)N1C[C@H]2CNC[C@H]2C1. The molecule has 2 atom stereocenters. The van der Waals surface area contributed by atoms with Crippen LogP contribution in [-0.2, 0) is 11.2 Å². The van der Waals surface area contributed by atoms with Crippen molar-refractivity contribution in [1.82, 2.24) is 10.2 Å². The van der Waals surface area contributed by atoms with Gasteiger partial charge >= 0.3 is 0 Å². The second kappa shape index (κ2) is 5.63. The van der Waals surface area contributed by atoms with Gasteiger partial charge < -0.3 is 10.2 Å². The molecule has 2 fully saturated rings. The predicted molar refractivity (Wildman–Crippen MR) is 78.9 cm³/mol. The van der Waals surface area contributed by atoms with E-state index in [0.29, 0.717) is 24.2 Å². The van der Waals surface area contributed by atoms with E-state index in [4.69, 9.17) is 0 Å². The second-order valence-electron chi connectivity index (χ2n) is 5.57. The normalized spacial score (nSPS) is 25.6. The van der Waals surface area contributed by atoms with Crippen LogP contribution in [0.5, 0.6) is 0 Å². The summed E-state index contributed by atoms with van der Waals surface area (Å²) < 4.78 is 1.10. The van der Waals surface area contributed by atoms with Crippen molar-refractivity contribution in [3.63, 3.8) is 0 Å². The zero-order chi connectivity index (χ0) is 13.2. The van der Waals surface area contributed by atoms with Crippen LogP contribution in [0.25, 0.3) is 0 Å². The number of amides is 1. The molecule has 1 N–H and O–H groups in total. The summed E-state index contributed by atoms with van der Waals surface area (Å²) in [5.41, 5.74) is 1.22. The first-order chi connectivity index (χ1) is 9.24. The first kappa shape index (κ1) is 13.1. The standard InChI is InChI=1S/C15H19BrN2O/c16-14-4-2-1-3-11(14)5-6-15(19)18-9-12-7-17-8-13(12)10-18/h1-4,12-13,17H,5-10H2/t12-,13+. The highest BCUT2D eigenvalue weighted by atomic mass is 79.9. The number of aryl methyl sites for hydroxylation is 1. The lowest BCUT2D eigenvalue weighted by Gasteiger charge is -2.17. The Morgan fingerprint density at radius 2 is 1.95 bits per heavy atom. The molecule has 0 spiro atoms. The first-order valence-electron chi connectivity index (χ1n) is 6.96. The van der Waals surface area contributed by atoms with Crippen LogP contribution in [0.3, 0.4) is 0 Å². The lowest BCUT2D eigenvalue weighted by atomic mass is 10.0. The van der Waals surface area contributed by atoms with E-state index in [9.17, 15) is 4.79 Å². The number of carbonyl (C=O) groups excluding carboxylic acids is 1. The van der Waals surface area contributed by atoms with Gasteiger partial charge in [-0.3, -0.25) is 4.79 Å². The summed E-state index contributed by atoms with van der Waals surface area (Å²) in [6.45, 7) is 4.07. The minimum atomic E-state index is 0.310. The molecule has 0 aromatic heterocycles. The van der Waals surface area contributed by atoms with Crippen LogP contribution in [-0.4, -0.2) is 37.0 Å². The van der Waals surface area contributed by atoms with E-state index in [-0.39, 0.29) is 0 Å². The third-order valence-corrected chi connectivity index (χ3v) is 5.08. The number of hydrogen-bond donors (Lipinski definition) is 1. The Morgan fingerprint density at radius 1 is 1.26 bits per heavy atom. The molecule has 2 aliphatic heterocycles. The highest BCUT2D eigenvalue weighted by Crippen LogP contribution is 2.27. The van der Waals surface area contributed by atoms with Crippen LogP contribution in [0.2, 0.25) is 0 Å². The molecule has 3 nitrogen and oxygen atoms in total. The average molecular weight is 323 g/mol. The smallest absolute Gasteiger partial charge is 0.222 e. The molecule has 0 aliphatic carbocycles. The Bertz CT molecular complexity index is 465. The maximum absolute atomic E-state index is 12.3. The summed E-state index contributed by atoms with van der Waals surface area (Å²) >= 11 is 3.54. The van der Waals surface area contributed by atoms with Crippen molar-refractivity contribution >= 4 is 21.8 Å². The zero-order valence-corrected chi connectivity index (χ0v) is 12.5. The van der Waals surface area contributed by atoms with Gasteiger partial charge in [0.25, 0.3) is 0 Å². The molecule has 19 heavy (non-hydrogen) atoms. The Hall–Kier alpha value is -0.870. The molecule has 1 aromatic rings. The maximum atomic E-state index is 12.3. The quantitative estimate of drug-likeness (QED) is 0.923. The summed E-state index contributed by atoms with van der Waals surface area (Å²) in [5.74, 6) is 1.69. The van der Waals surface area contributed by atoms with E-state index < -0.39 is 0 Å². The van der Waals surface area contributed by atoms with Crippen LogP contribution in [0.15, 0.2) is 28.7 Å². The van der Waals surface area contributed by atoms with Crippen LogP contribution in [0.1, 0.15) is 12.0 Å². The number of halogens is 1. The Kier molecular flexibility index (Phi) is 3.89. The van der Waals surface area contributed by atoms with Gasteiger partial charge in [-0.2, -0.15) is 0 Å². The molecule has 3 rings (SSSR count). The minimum Gasteiger partial charge on any atom is -0.342 e. The van der Waals surface area contributed by atoms with Crippen LogP contribution < -0.4 is 5.32 Å². The molecule has 0 unspecified atom stereocenters. The van der Waals surface area contributed by atoms with Gasteiger partial charge in [0.05, 0.1) is 0 Å². The van der Waals surface area contributed by atoms with Crippen molar-refractivity contribution < 1.29 is 4.79 Å². The van der Waals surface area contributed by atoms with Crippen molar-refractivity contribution in [2.24, 2.45) is 11.8 Å². The summed E-state index contributed by atoms with van der Waals surface area (Å²) in [6, 6.07) is 8.15. The van der Waals surface area contributed by atoms with Crippen molar-refractivity contribution in [3.05, 3.63) is 34.3 Å². The van der Waals surface area contributed by atoms with E-state index in [1.54, 1.807) is 0 Å². The summed E-state index contributed by atoms with van der Waals surface area (Å²) in [5, 5.41) is 3.40. The molecular formula is C15H19BrN2O. The number of nitrogens with zero attached hydrogens (tertiary/aromatic N) is 1. The van der Waals surface area contributed by atoms with Gasteiger partial charge in [0.15, 0.2) is 0 Å². The predicted octanol–water partition coefficient (Wildman–Crippen LogP) is 2.06. The maximum Gasteiger partial charge on any atom is 0.222 e. The Balaban J connectivity index is 1.54. The first-order valence-corrected chi connectivity index (χ1v) is 7.75. The molecule has 0 radical (unpaired) electrons. The summed E-state index contributed by atoms with van der Waals surface area (Å²) in [7, 11) is 0. The average Bonchev–Trinajstić information content (AvgIpc) is 2.98. The molecule has 2 aliphatic rings. The number of hydrogen-bond acceptors (Lipinski definition) is 2. The molecule has 2 heterocycles. The second-order valence-corrected chi connectivity index (χ2v) is 6.42. The number of carbonyl (C=O) groups is 1. The summed E-state index contributed by atoms with van der Waals surface area (Å²) in [6.07, 6.45) is 1.44. The highest BCUT2D eigenvalue weighted by molar-refractivity contribution is 9.10. The topological polar surface area (TPSA) is 32.3 Å². The van der Waals surface area contributed by atoms with Gasteiger partial charge in [0.2, 0.25) is 5.91 Å². The van der Waals surface area contributed by atoms with Crippen LogP contribution >= 0.6 is 15.9 Å². The summed E-state index contributed by atoms with van der Waals surface area (Å²) in [4.78, 5) is 14.3. The number of nitrogens with one attached hydrogen (secondary N) is 1. The number of rotatable bonds is 3. The van der Waals surface area contributed by atoms with Crippen molar-refractivity contribution in [3.8, 4) is 0 Å². The molecule has 102 valence electrons. The number of fused-ring (bicyclic) bond motifs is 1. The Labute approximate surface area is 122 Å². The minimum absolute atomic E-state index is 0.310. The van der Waals surface area contributed by atoms with Gasteiger partial charge in [0, 0.05) is 37.1 Å². The molecule has 4 heteroatoms. The lowest BCUT2D eigenvalue weighted by molar-refractivity contribution is -0.130. The molecular weight excluding hydrogens is 304 g/mol. The van der Waals surface area contributed by atoms with Gasteiger partial charge in [-0.25, -0.2) is 0 Å². The third kappa shape index (κ3) is 2.84. The monoisotopic (exact) mass is 322 g/mol. The van der Waals surface area contributed by atoms with Crippen molar-refractivity contribution in [1.29, 1.82) is 0 Å². The van der Waals surface area contributed by atoms with E-state index in [2.05, 4.69) is 32.2 Å². The fraction of sp³-hybridized carbons (Fsp3) is 0.533. The fourth-order valence-corrected chi connectivity index (χ4v) is 3.64. The zero-order valence-electron chi connectivity index (χ0n) is 10.9.